The first kappa shape index (κ1) is 15.4. The van der Waals surface area contributed by atoms with Crippen molar-refractivity contribution in [3.05, 3.63) is 52.1 Å². The van der Waals surface area contributed by atoms with Gasteiger partial charge in [0.05, 0.1) is 22.8 Å². The van der Waals surface area contributed by atoms with Gasteiger partial charge in [0.1, 0.15) is 0 Å². The molecule has 1 heterocycles. The number of anilines is 2. The van der Waals surface area contributed by atoms with Gasteiger partial charge in [0.2, 0.25) is 5.52 Å². The molecule has 9 heteroatoms. The SMILES string of the molecule is CCOC(=O)c1ccc(Nc2ccc([N+](=O)[O-])c3nonc23)cc1. The Balaban J connectivity index is 1.88. The molecule has 0 fully saturated rings. The standard InChI is InChI=1S/C15H12N4O5/c1-2-23-15(20)9-3-5-10(6-4-9)16-11-7-8-12(19(21)22)14-13(11)17-24-18-14/h3-8,16H,2H2,1H3. The third-order valence-electron chi connectivity index (χ3n) is 3.27. The van der Waals surface area contributed by atoms with Crippen molar-refractivity contribution in [3.63, 3.8) is 0 Å². The van der Waals surface area contributed by atoms with E-state index >= 15 is 0 Å². The van der Waals surface area contributed by atoms with E-state index in [-0.39, 0.29) is 16.7 Å². The van der Waals surface area contributed by atoms with Gasteiger partial charge in [-0.2, -0.15) is 0 Å². The number of hydrogen-bond donors (Lipinski definition) is 1. The fourth-order valence-corrected chi connectivity index (χ4v) is 2.16. The molecule has 3 aromatic rings. The normalized spacial score (nSPS) is 10.5. The number of ether oxygens (including phenoxy) is 1. The highest BCUT2D eigenvalue weighted by Crippen LogP contribution is 2.30. The second kappa shape index (κ2) is 6.32. The molecule has 122 valence electrons. The van der Waals surface area contributed by atoms with Crippen LogP contribution in [0.15, 0.2) is 41.0 Å². The molecule has 9 nitrogen and oxygen atoms in total. The summed E-state index contributed by atoms with van der Waals surface area (Å²) in [5, 5.41) is 21.3. The Hall–Kier alpha value is -3.49. The Morgan fingerprint density at radius 1 is 1.21 bits per heavy atom. The number of esters is 1. The van der Waals surface area contributed by atoms with Crippen molar-refractivity contribution in [3.8, 4) is 0 Å². The molecule has 1 aromatic heterocycles. The van der Waals surface area contributed by atoms with Crippen molar-refractivity contribution in [2.24, 2.45) is 0 Å². The van der Waals surface area contributed by atoms with Crippen molar-refractivity contribution in [2.75, 3.05) is 11.9 Å². The number of hydrogen-bond acceptors (Lipinski definition) is 8. The Morgan fingerprint density at radius 3 is 2.58 bits per heavy atom. The molecular weight excluding hydrogens is 316 g/mol. The van der Waals surface area contributed by atoms with Crippen LogP contribution in [0.3, 0.4) is 0 Å². The minimum absolute atomic E-state index is 0.0631. The van der Waals surface area contributed by atoms with Crippen LogP contribution in [-0.2, 0) is 4.74 Å². The van der Waals surface area contributed by atoms with Crippen molar-refractivity contribution in [1.29, 1.82) is 0 Å². The van der Waals surface area contributed by atoms with Crippen molar-refractivity contribution >= 4 is 34.1 Å². The Kier molecular flexibility index (Phi) is 4.06. The zero-order valence-electron chi connectivity index (χ0n) is 12.6. The maximum atomic E-state index is 11.6. The van der Waals surface area contributed by atoms with Crippen LogP contribution in [0.4, 0.5) is 17.1 Å². The lowest BCUT2D eigenvalue weighted by Gasteiger charge is -2.07. The van der Waals surface area contributed by atoms with Crippen molar-refractivity contribution in [2.45, 2.75) is 6.92 Å². The molecule has 1 N–H and O–H groups in total. The molecule has 0 bridgehead atoms. The third kappa shape index (κ3) is 2.86. The number of nitro benzene ring substituents is 1. The number of rotatable bonds is 5. The predicted octanol–water partition coefficient (Wildman–Crippen LogP) is 3.05. The molecule has 24 heavy (non-hydrogen) atoms. The van der Waals surface area contributed by atoms with E-state index in [4.69, 9.17) is 4.74 Å². The summed E-state index contributed by atoms with van der Waals surface area (Å²) >= 11 is 0. The summed E-state index contributed by atoms with van der Waals surface area (Å²) in [6, 6.07) is 9.44. The number of carbonyl (C=O) groups excluding carboxylic acids is 1. The Bertz CT molecular complexity index is 904. The lowest BCUT2D eigenvalue weighted by atomic mass is 10.2. The molecule has 0 unspecified atom stereocenters. The van der Waals surface area contributed by atoms with Gasteiger partial charge in [0.25, 0.3) is 0 Å². The molecule has 3 rings (SSSR count). The molecule has 0 amide bonds. The highest BCUT2D eigenvalue weighted by atomic mass is 16.6. The van der Waals surface area contributed by atoms with E-state index in [0.29, 0.717) is 23.5 Å². The largest absolute Gasteiger partial charge is 0.462 e. The lowest BCUT2D eigenvalue weighted by molar-refractivity contribution is -0.383. The van der Waals surface area contributed by atoms with Crippen LogP contribution in [0.2, 0.25) is 0 Å². The van der Waals surface area contributed by atoms with E-state index in [2.05, 4.69) is 20.3 Å². The summed E-state index contributed by atoms with van der Waals surface area (Å²) in [6.07, 6.45) is 0. The van der Waals surface area contributed by atoms with Crippen LogP contribution in [0.5, 0.6) is 0 Å². The van der Waals surface area contributed by atoms with Crippen molar-refractivity contribution < 1.29 is 19.1 Å². The second-order valence-electron chi connectivity index (χ2n) is 4.77. The minimum Gasteiger partial charge on any atom is -0.462 e. The second-order valence-corrected chi connectivity index (χ2v) is 4.77. The molecule has 0 aliphatic heterocycles. The quantitative estimate of drug-likeness (QED) is 0.431. The van der Waals surface area contributed by atoms with E-state index in [9.17, 15) is 14.9 Å². The zero-order valence-corrected chi connectivity index (χ0v) is 12.6. The number of carbonyl (C=O) groups is 1. The summed E-state index contributed by atoms with van der Waals surface area (Å²) in [5.74, 6) is -0.400. The maximum absolute atomic E-state index is 11.6. The number of non-ortho nitro benzene ring substituents is 1. The zero-order chi connectivity index (χ0) is 17.1. The smallest absolute Gasteiger partial charge is 0.338 e. The number of fused-ring (bicyclic) bond motifs is 1. The van der Waals surface area contributed by atoms with E-state index < -0.39 is 10.9 Å². The van der Waals surface area contributed by atoms with E-state index in [1.807, 2.05) is 0 Å². The maximum Gasteiger partial charge on any atom is 0.338 e. The summed E-state index contributed by atoms with van der Waals surface area (Å²) in [6.45, 7) is 2.04. The number of benzene rings is 2. The third-order valence-corrected chi connectivity index (χ3v) is 3.27. The molecule has 0 atom stereocenters. The fourth-order valence-electron chi connectivity index (χ4n) is 2.16. The average Bonchev–Trinajstić information content (AvgIpc) is 3.05. The Morgan fingerprint density at radius 2 is 1.92 bits per heavy atom. The van der Waals surface area contributed by atoms with Crippen LogP contribution in [0.25, 0.3) is 11.0 Å². The summed E-state index contributed by atoms with van der Waals surface area (Å²) in [7, 11) is 0. The monoisotopic (exact) mass is 328 g/mol. The van der Waals surface area contributed by atoms with Crippen LogP contribution >= 0.6 is 0 Å². The Labute approximate surface area is 135 Å². The van der Waals surface area contributed by atoms with E-state index in [0.717, 1.165) is 0 Å². The fraction of sp³-hybridized carbons (Fsp3) is 0.133. The predicted molar refractivity (Wildman–Crippen MR) is 84.1 cm³/mol. The number of aromatic nitrogens is 2. The topological polar surface area (TPSA) is 120 Å². The molecule has 0 spiro atoms. The van der Waals surface area contributed by atoms with Gasteiger partial charge >= 0.3 is 11.7 Å². The van der Waals surface area contributed by atoms with Gasteiger partial charge in [-0.1, -0.05) is 0 Å². The summed E-state index contributed by atoms with van der Waals surface area (Å²) < 4.78 is 9.52. The highest BCUT2D eigenvalue weighted by molar-refractivity contribution is 5.95. The van der Waals surface area contributed by atoms with Gasteiger partial charge in [-0.05, 0) is 47.6 Å². The molecule has 0 radical (unpaired) electrons. The summed E-state index contributed by atoms with van der Waals surface area (Å²) in [5.41, 5.74) is 1.72. The van der Waals surface area contributed by atoms with E-state index in [1.54, 1.807) is 31.2 Å². The van der Waals surface area contributed by atoms with Gasteiger partial charge in [-0.25, -0.2) is 9.42 Å². The minimum atomic E-state index is -0.551. The van der Waals surface area contributed by atoms with Gasteiger partial charge in [0, 0.05) is 11.8 Å². The highest BCUT2D eigenvalue weighted by Gasteiger charge is 2.19. The lowest BCUT2D eigenvalue weighted by Crippen LogP contribution is -2.04. The van der Waals surface area contributed by atoms with Gasteiger partial charge < -0.3 is 10.1 Å². The van der Waals surface area contributed by atoms with Gasteiger partial charge in [-0.15, -0.1) is 0 Å². The molecule has 0 aliphatic carbocycles. The molecular formula is C15H12N4O5. The molecule has 0 saturated heterocycles. The molecule has 2 aromatic carbocycles. The first-order valence-electron chi connectivity index (χ1n) is 7.04. The number of nitro groups is 1. The van der Waals surface area contributed by atoms with Gasteiger partial charge in [-0.3, -0.25) is 10.1 Å². The van der Waals surface area contributed by atoms with Crippen LogP contribution in [-0.4, -0.2) is 27.8 Å². The number of nitrogens with one attached hydrogen (secondary N) is 1. The van der Waals surface area contributed by atoms with Crippen LogP contribution < -0.4 is 5.32 Å². The van der Waals surface area contributed by atoms with Crippen molar-refractivity contribution in [1.82, 2.24) is 10.3 Å². The number of nitrogens with zero attached hydrogens (tertiary/aromatic N) is 3. The molecule has 0 aliphatic rings. The molecule has 0 saturated carbocycles. The first-order valence-corrected chi connectivity index (χ1v) is 7.04. The average molecular weight is 328 g/mol. The van der Waals surface area contributed by atoms with Gasteiger partial charge in [0.15, 0.2) is 5.52 Å². The first-order chi connectivity index (χ1) is 11.6. The van der Waals surface area contributed by atoms with Crippen LogP contribution in [0.1, 0.15) is 17.3 Å². The van der Waals surface area contributed by atoms with E-state index in [1.165, 1.54) is 12.1 Å². The summed E-state index contributed by atoms with van der Waals surface area (Å²) in [4.78, 5) is 22.0. The van der Waals surface area contributed by atoms with Crippen LogP contribution in [0, 0.1) is 10.1 Å².